The first-order valence-electron chi connectivity index (χ1n) is 9.55. The Morgan fingerprint density at radius 2 is 1.70 bits per heavy atom. The second-order valence-electron chi connectivity index (χ2n) is 7.45. The van der Waals surface area contributed by atoms with Gasteiger partial charge in [-0.15, -0.1) is 0 Å². The molecule has 1 heterocycles. The van der Waals surface area contributed by atoms with Crippen LogP contribution in [0.2, 0.25) is 0 Å². The molecule has 0 saturated carbocycles. The van der Waals surface area contributed by atoms with Crippen LogP contribution in [0.1, 0.15) is 29.5 Å². The van der Waals surface area contributed by atoms with E-state index in [-0.39, 0.29) is 0 Å². The van der Waals surface area contributed by atoms with Crippen molar-refractivity contribution >= 4 is 23.0 Å². The fourth-order valence-corrected chi connectivity index (χ4v) is 3.58. The van der Waals surface area contributed by atoms with Crippen molar-refractivity contribution in [1.82, 2.24) is 10.2 Å². The largest absolute Gasteiger partial charge is 0.490 e. The van der Waals surface area contributed by atoms with Crippen LogP contribution in [-0.2, 0) is 6.54 Å². The third-order valence-corrected chi connectivity index (χ3v) is 5.07. The number of hydrogen-bond donors (Lipinski definition) is 2. The maximum atomic E-state index is 6.10. The van der Waals surface area contributed by atoms with Crippen molar-refractivity contribution in [2.75, 3.05) is 25.5 Å². The Kier molecular flexibility index (Phi) is 6.69. The SMILES string of the molecule is Cc1cc(C)cc(NC(=S)NCc2ccc(OC3CCN(C)CC3)cc2)c1. The molecule has 0 aromatic heterocycles. The molecule has 4 nitrogen and oxygen atoms in total. The van der Waals surface area contributed by atoms with Gasteiger partial charge in [-0.05, 0) is 86.9 Å². The first-order valence-corrected chi connectivity index (χ1v) is 9.96. The number of rotatable bonds is 5. The molecule has 1 aliphatic heterocycles. The molecule has 27 heavy (non-hydrogen) atoms. The van der Waals surface area contributed by atoms with Gasteiger partial charge in [0.1, 0.15) is 11.9 Å². The minimum Gasteiger partial charge on any atom is -0.490 e. The second kappa shape index (κ2) is 9.20. The Morgan fingerprint density at radius 1 is 1.07 bits per heavy atom. The predicted molar refractivity (Wildman–Crippen MR) is 117 cm³/mol. The zero-order valence-corrected chi connectivity index (χ0v) is 17.2. The van der Waals surface area contributed by atoms with E-state index in [0.717, 1.165) is 37.4 Å². The maximum absolute atomic E-state index is 6.10. The Labute approximate surface area is 167 Å². The van der Waals surface area contributed by atoms with Crippen molar-refractivity contribution in [1.29, 1.82) is 0 Å². The van der Waals surface area contributed by atoms with E-state index in [0.29, 0.717) is 17.8 Å². The normalized spacial score (nSPS) is 15.4. The highest BCUT2D eigenvalue weighted by molar-refractivity contribution is 7.80. The fraction of sp³-hybridized carbons (Fsp3) is 0.409. The molecule has 1 fully saturated rings. The number of thiocarbonyl (C=S) groups is 1. The summed E-state index contributed by atoms with van der Waals surface area (Å²) in [5, 5.41) is 7.15. The smallest absolute Gasteiger partial charge is 0.171 e. The molecule has 3 rings (SSSR count). The van der Waals surface area contributed by atoms with E-state index in [1.807, 2.05) is 0 Å². The zero-order chi connectivity index (χ0) is 19.2. The molecule has 0 aliphatic carbocycles. The first kappa shape index (κ1) is 19.6. The fourth-order valence-electron chi connectivity index (χ4n) is 3.39. The van der Waals surface area contributed by atoms with Crippen LogP contribution in [0.4, 0.5) is 5.69 Å². The van der Waals surface area contributed by atoms with E-state index >= 15 is 0 Å². The molecule has 0 bridgehead atoms. The van der Waals surface area contributed by atoms with Gasteiger partial charge in [0.2, 0.25) is 0 Å². The van der Waals surface area contributed by atoms with Crippen molar-refractivity contribution in [2.45, 2.75) is 39.3 Å². The van der Waals surface area contributed by atoms with E-state index in [2.05, 4.69) is 78.9 Å². The predicted octanol–water partition coefficient (Wildman–Crippen LogP) is 4.26. The molecule has 0 atom stereocenters. The number of piperidine rings is 1. The van der Waals surface area contributed by atoms with Crippen LogP contribution >= 0.6 is 12.2 Å². The van der Waals surface area contributed by atoms with Gasteiger partial charge in [0, 0.05) is 25.3 Å². The van der Waals surface area contributed by atoms with Gasteiger partial charge in [0.25, 0.3) is 0 Å². The average molecular weight is 384 g/mol. The molecule has 5 heteroatoms. The lowest BCUT2D eigenvalue weighted by molar-refractivity contribution is 0.114. The van der Waals surface area contributed by atoms with Crippen LogP contribution in [0.5, 0.6) is 5.75 Å². The lowest BCUT2D eigenvalue weighted by Gasteiger charge is -2.29. The van der Waals surface area contributed by atoms with Gasteiger partial charge >= 0.3 is 0 Å². The van der Waals surface area contributed by atoms with Gasteiger partial charge in [-0.25, -0.2) is 0 Å². The zero-order valence-electron chi connectivity index (χ0n) is 16.4. The van der Waals surface area contributed by atoms with E-state index in [4.69, 9.17) is 17.0 Å². The number of nitrogens with one attached hydrogen (secondary N) is 2. The third-order valence-electron chi connectivity index (χ3n) is 4.82. The van der Waals surface area contributed by atoms with Crippen LogP contribution in [-0.4, -0.2) is 36.3 Å². The van der Waals surface area contributed by atoms with Crippen LogP contribution in [0, 0.1) is 13.8 Å². The molecule has 2 N–H and O–H groups in total. The van der Waals surface area contributed by atoms with Crippen molar-refractivity contribution < 1.29 is 4.74 Å². The van der Waals surface area contributed by atoms with Crippen LogP contribution < -0.4 is 15.4 Å². The summed E-state index contributed by atoms with van der Waals surface area (Å²) in [5.74, 6) is 0.948. The van der Waals surface area contributed by atoms with Crippen molar-refractivity contribution in [3.63, 3.8) is 0 Å². The summed E-state index contributed by atoms with van der Waals surface area (Å²) >= 11 is 5.41. The summed E-state index contributed by atoms with van der Waals surface area (Å²) in [5.41, 5.74) is 4.64. The summed E-state index contributed by atoms with van der Waals surface area (Å²) < 4.78 is 6.10. The number of aryl methyl sites for hydroxylation is 2. The van der Waals surface area contributed by atoms with Crippen LogP contribution in [0.15, 0.2) is 42.5 Å². The van der Waals surface area contributed by atoms with Gasteiger partial charge < -0.3 is 20.3 Å². The highest BCUT2D eigenvalue weighted by atomic mass is 32.1. The molecule has 0 radical (unpaired) electrons. The van der Waals surface area contributed by atoms with Crippen molar-refractivity contribution in [3.05, 3.63) is 59.2 Å². The molecular formula is C22H29N3OS. The average Bonchev–Trinajstić information content (AvgIpc) is 2.62. The molecule has 0 spiro atoms. The van der Waals surface area contributed by atoms with E-state index < -0.39 is 0 Å². The number of likely N-dealkylation sites (tertiary alicyclic amines) is 1. The Hall–Kier alpha value is -2.11. The Morgan fingerprint density at radius 3 is 2.33 bits per heavy atom. The summed E-state index contributed by atoms with van der Waals surface area (Å²) in [6.45, 7) is 7.08. The minimum atomic E-state index is 0.333. The number of ether oxygens (including phenoxy) is 1. The van der Waals surface area contributed by atoms with Crippen LogP contribution in [0.3, 0.4) is 0 Å². The molecule has 144 valence electrons. The molecular weight excluding hydrogens is 354 g/mol. The Balaban J connectivity index is 1.46. The highest BCUT2D eigenvalue weighted by Gasteiger charge is 2.17. The summed E-state index contributed by atoms with van der Waals surface area (Å²) in [6, 6.07) is 14.6. The summed E-state index contributed by atoms with van der Waals surface area (Å²) in [6.07, 6.45) is 2.52. The van der Waals surface area contributed by atoms with Crippen LogP contribution in [0.25, 0.3) is 0 Å². The van der Waals surface area contributed by atoms with E-state index in [9.17, 15) is 0 Å². The second-order valence-corrected chi connectivity index (χ2v) is 7.86. The standard InChI is InChI=1S/C22H29N3OS/c1-16-12-17(2)14-19(13-16)24-22(27)23-15-18-4-6-20(7-5-18)26-21-8-10-25(3)11-9-21/h4-7,12-14,21H,8-11,15H2,1-3H3,(H2,23,24,27). The van der Waals surface area contributed by atoms with Gasteiger partial charge in [-0.1, -0.05) is 18.2 Å². The lowest BCUT2D eigenvalue weighted by Crippen LogP contribution is -2.35. The summed E-state index contributed by atoms with van der Waals surface area (Å²) in [7, 11) is 2.16. The Bertz CT molecular complexity index is 747. The topological polar surface area (TPSA) is 36.5 Å². The first-order chi connectivity index (χ1) is 13.0. The maximum Gasteiger partial charge on any atom is 0.171 e. The molecule has 0 amide bonds. The molecule has 1 saturated heterocycles. The van der Waals surface area contributed by atoms with E-state index in [1.54, 1.807) is 0 Å². The van der Waals surface area contributed by atoms with Crippen molar-refractivity contribution in [3.8, 4) is 5.75 Å². The number of hydrogen-bond acceptors (Lipinski definition) is 3. The minimum absolute atomic E-state index is 0.333. The van der Waals surface area contributed by atoms with Gasteiger partial charge in [0.15, 0.2) is 5.11 Å². The number of benzene rings is 2. The third kappa shape index (κ3) is 6.22. The number of anilines is 1. The highest BCUT2D eigenvalue weighted by Crippen LogP contribution is 2.19. The van der Waals surface area contributed by atoms with Gasteiger partial charge in [-0.3, -0.25) is 0 Å². The van der Waals surface area contributed by atoms with E-state index in [1.165, 1.54) is 16.7 Å². The molecule has 2 aromatic rings. The van der Waals surface area contributed by atoms with Gasteiger partial charge in [0.05, 0.1) is 0 Å². The lowest BCUT2D eigenvalue weighted by atomic mass is 10.1. The summed E-state index contributed by atoms with van der Waals surface area (Å²) in [4.78, 5) is 2.35. The quantitative estimate of drug-likeness (QED) is 0.755. The molecule has 0 unspecified atom stereocenters. The molecule has 2 aromatic carbocycles. The van der Waals surface area contributed by atoms with Gasteiger partial charge in [-0.2, -0.15) is 0 Å². The van der Waals surface area contributed by atoms with Crippen molar-refractivity contribution in [2.24, 2.45) is 0 Å². The number of nitrogens with zero attached hydrogens (tertiary/aromatic N) is 1. The monoisotopic (exact) mass is 383 g/mol. The molecule has 1 aliphatic rings.